The normalized spacial score (nSPS) is 12.5. The smallest absolute Gasteiger partial charge is 0.298 e. The summed E-state index contributed by atoms with van der Waals surface area (Å²) in [5.74, 6) is -0.567. The lowest BCUT2D eigenvalue weighted by molar-refractivity contribution is -0.384. The van der Waals surface area contributed by atoms with E-state index in [1.807, 2.05) is 0 Å². The minimum absolute atomic E-state index is 0.0000662. The quantitative estimate of drug-likeness (QED) is 0.141. The van der Waals surface area contributed by atoms with E-state index < -0.39 is 46.4 Å². The molecule has 0 amide bonds. The Balaban J connectivity index is 2.21. The van der Waals surface area contributed by atoms with E-state index in [0.29, 0.717) is 6.07 Å². The van der Waals surface area contributed by atoms with Gasteiger partial charge in [0.25, 0.3) is 25.9 Å². The average molecular weight is 468 g/mol. The van der Waals surface area contributed by atoms with Gasteiger partial charge < -0.3 is 10.8 Å². The fourth-order valence-corrected chi connectivity index (χ4v) is 3.71. The maximum absolute atomic E-state index is 11.5. The van der Waals surface area contributed by atoms with E-state index in [0.717, 1.165) is 24.3 Å². The Bertz CT molecular complexity index is 1480. The standard InChI is InChI=1S/C16H12N4O9S2/c17-11-2-4-12(10-5-9(31(27,28)29)7-15(21)16(10)11)18-19-13-3-1-8(30(24,25)26)6-14(13)20(22)23/h1-7,21H,17H2,(H,24,25,26)(H,27,28,29)/b19-18+. The highest BCUT2D eigenvalue weighted by Crippen LogP contribution is 2.39. The molecule has 5 N–H and O–H groups in total. The summed E-state index contributed by atoms with van der Waals surface area (Å²) in [6.45, 7) is 0. The lowest BCUT2D eigenvalue weighted by Crippen LogP contribution is -1.99. The van der Waals surface area contributed by atoms with Crippen molar-refractivity contribution in [1.29, 1.82) is 0 Å². The van der Waals surface area contributed by atoms with Gasteiger partial charge in [-0.15, -0.1) is 10.2 Å². The molecule has 0 spiro atoms. The molecule has 0 radical (unpaired) electrons. The number of anilines is 1. The van der Waals surface area contributed by atoms with Gasteiger partial charge in [0.15, 0.2) is 5.69 Å². The Morgan fingerprint density at radius 2 is 1.45 bits per heavy atom. The molecule has 0 atom stereocenters. The van der Waals surface area contributed by atoms with Crippen molar-refractivity contribution >= 4 is 53.8 Å². The fraction of sp³-hybridized carbons (Fsp3) is 0. The van der Waals surface area contributed by atoms with Gasteiger partial charge >= 0.3 is 0 Å². The molecule has 15 heteroatoms. The highest BCUT2D eigenvalue weighted by molar-refractivity contribution is 7.86. The summed E-state index contributed by atoms with van der Waals surface area (Å²) < 4.78 is 63.6. The monoisotopic (exact) mass is 468 g/mol. The number of azo groups is 1. The van der Waals surface area contributed by atoms with E-state index in [1.54, 1.807) is 0 Å². The first-order valence-electron chi connectivity index (χ1n) is 7.99. The third kappa shape index (κ3) is 4.43. The van der Waals surface area contributed by atoms with Gasteiger partial charge in [-0.05, 0) is 30.3 Å². The van der Waals surface area contributed by atoms with Crippen LogP contribution in [0.4, 0.5) is 22.7 Å². The Labute approximate surface area is 174 Å². The molecule has 3 aromatic rings. The second-order valence-electron chi connectivity index (χ2n) is 6.10. The zero-order chi connectivity index (χ0) is 23.1. The predicted molar refractivity (Wildman–Crippen MR) is 107 cm³/mol. The molecule has 0 aliphatic rings. The van der Waals surface area contributed by atoms with Gasteiger partial charge in [0.2, 0.25) is 0 Å². The third-order valence-corrected chi connectivity index (χ3v) is 5.76. The highest BCUT2D eigenvalue weighted by Gasteiger charge is 2.21. The molecule has 0 aliphatic heterocycles. The summed E-state index contributed by atoms with van der Waals surface area (Å²) in [5, 5.41) is 28.9. The molecule has 3 aromatic carbocycles. The van der Waals surface area contributed by atoms with Crippen molar-refractivity contribution in [3.05, 3.63) is 52.6 Å². The molecule has 0 heterocycles. The summed E-state index contributed by atoms with van der Waals surface area (Å²) in [6.07, 6.45) is 0. The van der Waals surface area contributed by atoms with Crippen LogP contribution in [0.15, 0.2) is 62.5 Å². The molecular formula is C16H12N4O9S2. The van der Waals surface area contributed by atoms with Crippen LogP contribution in [0.1, 0.15) is 0 Å². The Morgan fingerprint density at radius 1 is 0.871 bits per heavy atom. The number of nitro benzene ring substituents is 1. The van der Waals surface area contributed by atoms with Crippen molar-refractivity contribution in [2.75, 3.05) is 5.73 Å². The van der Waals surface area contributed by atoms with Gasteiger partial charge in [-0.1, -0.05) is 0 Å². The number of benzene rings is 3. The Hall–Kier alpha value is -3.66. The molecule has 0 aliphatic carbocycles. The molecule has 0 fully saturated rings. The molecule has 0 aromatic heterocycles. The number of phenolic OH excluding ortho intramolecular Hbond substituents is 1. The molecule has 0 unspecified atom stereocenters. The van der Waals surface area contributed by atoms with Crippen molar-refractivity contribution in [3.63, 3.8) is 0 Å². The number of fused-ring (bicyclic) bond motifs is 1. The second-order valence-corrected chi connectivity index (χ2v) is 8.94. The van der Waals surface area contributed by atoms with Gasteiger partial charge in [-0.25, -0.2) is 0 Å². The summed E-state index contributed by atoms with van der Waals surface area (Å²) in [7, 11) is -9.39. The number of rotatable bonds is 5. The number of hydrogen-bond acceptors (Lipinski definition) is 10. The lowest BCUT2D eigenvalue weighted by Gasteiger charge is -2.09. The molecule has 0 bridgehead atoms. The summed E-state index contributed by atoms with van der Waals surface area (Å²) in [5.41, 5.74) is 4.63. The predicted octanol–water partition coefficient (Wildman–Crippen LogP) is 2.94. The van der Waals surface area contributed by atoms with Crippen molar-refractivity contribution in [2.45, 2.75) is 9.79 Å². The molecule has 162 valence electrons. The number of nitrogens with two attached hydrogens (primary N) is 1. The zero-order valence-electron chi connectivity index (χ0n) is 15.1. The summed E-state index contributed by atoms with van der Waals surface area (Å²) >= 11 is 0. The average Bonchev–Trinajstić information content (AvgIpc) is 2.65. The van der Waals surface area contributed by atoms with E-state index >= 15 is 0 Å². The van der Waals surface area contributed by atoms with E-state index in [9.17, 15) is 36.6 Å². The Morgan fingerprint density at radius 3 is 2.03 bits per heavy atom. The first-order chi connectivity index (χ1) is 14.3. The van der Waals surface area contributed by atoms with Crippen LogP contribution in [0.2, 0.25) is 0 Å². The van der Waals surface area contributed by atoms with Crippen molar-refractivity contribution in [3.8, 4) is 5.75 Å². The van der Waals surface area contributed by atoms with Crippen LogP contribution in [0.5, 0.6) is 5.75 Å². The van der Waals surface area contributed by atoms with E-state index in [-0.39, 0.29) is 27.8 Å². The number of nitrogens with zero attached hydrogens (tertiary/aromatic N) is 3. The first kappa shape index (κ1) is 22.0. The fourth-order valence-electron chi connectivity index (χ4n) is 2.69. The molecule has 3 rings (SSSR count). The van der Waals surface area contributed by atoms with E-state index in [2.05, 4.69) is 10.2 Å². The van der Waals surface area contributed by atoms with Crippen molar-refractivity contribution in [2.24, 2.45) is 10.2 Å². The Kier molecular flexibility index (Phi) is 5.36. The zero-order valence-corrected chi connectivity index (χ0v) is 16.7. The van der Waals surface area contributed by atoms with Gasteiger partial charge in [0.05, 0.1) is 15.5 Å². The van der Waals surface area contributed by atoms with Gasteiger partial charge in [0, 0.05) is 28.6 Å². The van der Waals surface area contributed by atoms with Crippen LogP contribution in [0, 0.1) is 10.1 Å². The lowest BCUT2D eigenvalue weighted by atomic mass is 10.1. The number of hydrogen-bond donors (Lipinski definition) is 4. The van der Waals surface area contributed by atoms with Crippen LogP contribution in [-0.2, 0) is 20.2 Å². The van der Waals surface area contributed by atoms with Crippen LogP contribution in [-0.4, -0.2) is 36.0 Å². The van der Waals surface area contributed by atoms with E-state index in [4.69, 9.17) is 10.3 Å². The SMILES string of the molecule is Nc1ccc(/N=N/c2ccc(S(=O)(=O)O)cc2[N+](=O)[O-])c2cc(S(=O)(=O)O)cc(O)c12. The maximum atomic E-state index is 11.5. The van der Waals surface area contributed by atoms with E-state index in [1.165, 1.54) is 12.1 Å². The largest absolute Gasteiger partial charge is 0.507 e. The molecule has 0 saturated carbocycles. The van der Waals surface area contributed by atoms with Crippen molar-refractivity contribution in [1.82, 2.24) is 0 Å². The molecule has 31 heavy (non-hydrogen) atoms. The highest BCUT2D eigenvalue weighted by atomic mass is 32.2. The van der Waals surface area contributed by atoms with Crippen LogP contribution in [0.3, 0.4) is 0 Å². The van der Waals surface area contributed by atoms with Gasteiger partial charge in [-0.2, -0.15) is 16.8 Å². The first-order valence-corrected chi connectivity index (χ1v) is 10.9. The van der Waals surface area contributed by atoms with Crippen LogP contribution >= 0.6 is 0 Å². The third-order valence-electron chi connectivity index (χ3n) is 4.08. The second kappa shape index (κ2) is 7.55. The minimum atomic E-state index is -4.70. The van der Waals surface area contributed by atoms with Gasteiger partial charge in [-0.3, -0.25) is 19.2 Å². The number of aromatic hydroxyl groups is 1. The topological polar surface area (TPSA) is 223 Å². The van der Waals surface area contributed by atoms with Crippen LogP contribution in [0.25, 0.3) is 10.8 Å². The van der Waals surface area contributed by atoms with Crippen molar-refractivity contribution < 1.29 is 36.0 Å². The van der Waals surface area contributed by atoms with Gasteiger partial charge in [0.1, 0.15) is 10.6 Å². The number of phenols is 1. The maximum Gasteiger partial charge on any atom is 0.298 e. The number of nitrogen functional groups attached to an aromatic ring is 1. The molecule has 13 nitrogen and oxygen atoms in total. The molecular weight excluding hydrogens is 456 g/mol. The summed E-state index contributed by atoms with van der Waals surface area (Å²) in [4.78, 5) is 8.94. The summed E-state index contributed by atoms with van der Waals surface area (Å²) in [6, 6.07) is 6.77. The molecule has 0 saturated heterocycles. The number of nitro groups is 1. The van der Waals surface area contributed by atoms with Crippen LogP contribution < -0.4 is 5.73 Å². The minimum Gasteiger partial charge on any atom is -0.507 e.